The molecule has 2 aromatic heterocycles. The van der Waals surface area contributed by atoms with Gasteiger partial charge in [0, 0.05) is 25.2 Å². The smallest absolute Gasteiger partial charge is 0.191 e. The van der Waals surface area contributed by atoms with Gasteiger partial charge in [0.15, 0.2) is 11.0 Å². The molecule has 0 aliphatic heterocycles. The van der Waals surface area contributed by atoms with E-state index in [9.17, 15) is 5.11 Å². The first-order valence-electron chi connectivity index (χ1n) is 7.90. The fraction of sp³-hybridized carbons (Fsp3) is 0.294. The van der Waals surface area contributed by atoms with Crippen molar-refractivity contribution in [2.45, 2.75) is 18.2 Å². The third-order valence-electron chi connectivity index (χ3n) is 3.55. The summed E-state index contributed by atoms with van der Waals surface area (Å²) in [7, 11) is 1.85. The molecule has 2 heterocycles. The van der Waals surface area contributed by atoms with Gasteiger partial charge in [-0.1, -0.05) is 29.4 Å². The normalized spacial score (nSPS) is 12.2. The van der Waals surface area contributed by atoms with E-state index in [0.29, 0.717) is 33.2 Å². The molecule has 0 bridgehead atoms. The maximum absolute atomic E-state index is 10.2. The van der Waals surface area contributed by atoms with E-state index >= 15 is 0 Å². The summed E-state index contributed by atoms with van der Waals surface area (Å²) in [5.41, 5.74) is 1.69. The Bertz CT molecular complexity index is 875. The van der Waals surface area contributed by atoms with E-state index in [2.05, 4.69) is 20.2 Å². The third kappa shape index (κ3) is 4.51. The van der Waals surface area contributed by atoms with Crippen LogP contribution in [0.1, 0.15) is 5.56 Å². The van der Waals surface area contributed by atoms with E-state index < -0.39 is 6.10 Å². The summed E-state index contributed by atoms with van der Waals surface area (Å²) < 4.78 is 7.44. The fourth-order valence-corrected chi connectivity index (χ4v) is 3.19. The standard InChI is InChI=1S/C17H18ClN5O2S/c1-11-3-4-13(18)15(7-11)25-9-12(24)10-26-17-22-21-16(23(17)2)14-8-19-5-6-20-14/h3-8,12,24H,9-10H2,1-2H3. The number of hydrogen-bond acceptors (Lipinski definition) is 7. The van der Waals surface area contributed by atoms with Crippen LogP contribution in [0.4, 0.5) is 0 Å². The molecule has 0 saturated heterocycles. The molecule has 26 heavy (non-hydrogen) atoms. The van der Waals surface area contributed by atoms with E-state index in [4.69, 9.17) is 16.3 Å². The van der Waals surface area contributed by atoms with Gasteiger partial charge in [-0.05, 0) is 24.6 Å². The number of ether oxygens (including phenoxy) is 1. The molecule has 0 fully saturated rings. The summed E-state index contributed by atoms with van der Waals surface area (Å²) in [6.07, 6.45) is 4.17. The number of aryl methyl sites for hydroxylation is 1. The SMILES string of the molecule is Cc1ccc(Cl)c(OCC(O)CSc2nnc(-c3cnccn3)n2C)c1. The molecule has 1 N–H and O–H groups in total. The average molecular weight is 392 g/mol. The van der Waals surface area contributed by atoms with E-state index in [-0.39, 0.29) is 6.61 Å². The number of aliphatic hydroxyl groups is 1. The molecule has 1 unspecified atom stereocenters. The molecule has 1 aromatic carbocycles. The van der Waals surface area contributed by atoms with Crippen molar-refractivity contribution in [3.63, 3.8) is 0 Å². The molecule has 0 saturated carbocycles. The van der Waals surface area contributed by atoms with Crippen LogP contribution in [0.15, 0.2) is 41.9 Å². The number of aliphatic hydroxyl groups excluding tert-OH is 1. The van der Waals surface area contributed by atoms with Crippen LogP contribution < -0.4 is 4.74 Å². The fourth-order valence-electron chi connectivity index (χ4n) is 2.20. The molecule has 3 rings (SSSR count). The van der Waals surface area contributed by atoms with Crippen molar-refractivity contribution in [1.29, 1.82) is 0 Å². The maximum Gasteiger partial charge on any atom is 0.191 e. The van der Waals surface area contributed by atoms with E-state index in [1.165, 1.54) is 11.8 Å². The van der Waals surface area contributed by atoms with Gasteiger partial charge < -0.3 is 14.4 Å². The third-order valence-corrected chi connectivity index (χ3v) is 5.03. The predicted octanol–water partition coefficient (Wildman–Crippen LogP) is 2.77. The summed E-state index contributed by atoms with van der Waals surface area (Å²) in [5.74, 6) is 1.60. The molecule has 1 atom stereocenters. The van der Waals surface area contributed by atoms with Gasteiger partial charge in [0.2, 0.25) is 0 Å². The van der Waals surface area contributed by atoms with Crippen LogP contribution in [-0.4, -0.2) is 48.3 Å². The Morgan fingerprint density at radius 2 is 2.15 bits per heavy atom. The van der Waals surface area contributed by atoms with Gasteiger partial charge in [0.1, 0.15) is 18.1 Å². The lowest BCUT2D eigenvalue weighted by Gasteiger charge is -2.13. The number of halogens is 1. The molecule has 3 aromatic rings. The second-order valence-electron chi connectivity index (χ2n) is 5.67. The molecule has 0 aliphatic carbocycles. The zero-order valence-electron chi connectivity index (χ0n) is 14.3. The van der Waals surface area contributed by atoms with E-state index in [1.54, 1.807) is 24.7 Å². The number of nitrogens with zero attached hydrogens (tertiary/aromatic N) is 5. The first-order valence-corrected chi connectivity index (χ1v) is 9.26. The van der Waals surface area contributed by atoms with Gasteiger partial charge in [-0.25, -0.2) is 4.98 Å². The second-order valence-corrected chi connectivity index (χ2v) is 7.06. The Kier molecular flexibility index (Phi) is 6.08. The quantitative estimate of drug-likeness (QED) is 0.619. The summed E-state index contributed by atoms with van der Waals surface area (Å²) in [5, 5.41) is 19.7. The van der Waals surface area contributed by atoms with Gasteiger partial charge in [-0.15, -0.1) is 10.2 Å². The lowest BCUT2D eigenvalue weighted by molar-refractivity contribution is 0.126. The highest BCUT2D eigenvalue weighted by Crippen LogP contribution is 2.26. The minimum absolute atomic E-state index is 0.144. The second kappa shape index (κ2) is 8.48. The lowest BCUT2D eigenvalue weighted by atomic mass is 10.2. The van der Waals surface area contributed by atoms with Crippen LogP contribution in [0.25, 0.3) is 11.5 Å². The number of hydrogen-bond donors (Lipinski definition) is 1. The van der Waals surface area contributed by atoms with Crippen LogP contribution in [-0.2, 0) is 7.05 Å². The summed E-state index contributed by atoms with van der Waals surface area (Å²) in [6, 6.07) is 5.53. The van der Waals surface area contributed by atoms with Gasteiger partial charge in [-0.2, -0.15) is 0 Å². The van der Waals surface area contributed by atoms with Crippen molar-refractivity contribution < 1.29 is 9.84 Å². The Morgan fingerprint density at radius 1 is 1.31 bits per heavy atom. The molecule has 0 radical (unpaired) electrons. The summed E-state index contributed by atoms with van der Waals surface area (Å²) in [4.78, 5) is 8.25. The van der Waals surface area contributed by atoms with Gasteiger partial charge in [0.25, 0.3) is 0 Å². The molecule has 9 heteroatoms. The van der Waals surface area contributed by atoms with Gasteiger partial charge >= 0.3 is 0 Å². The molecular weight excluding hydrogens is 374 g/mol. The maximum atomic E-state index is 10.2. The van der Waals surface area contributed by atoms with E-state index in [0.717, 1.165) is 5.56 Å². The van der Waals surface area contributed by atoms with Gasteiger partial charge in [-0.3, -0.25) is 4.98 Å². The van der Waals surface area contributed by atoms with E-state index in [1.807, 2.05) is 30.7 Å². The minimum atomic E-state index is -0.673. The molecule has 0 amide bonds. The highest BCUT2D eigenvalue weighted by Gasteiger charge is 2.15. The topological polar surface area (TPSA) is 85.9 Å². The minimum Gasteiger partial charge on any atom is -0.489 e. The highest BCUT2D eigenvalue weighted by molar-refractivity contribution is 7.99. The number of thioether (sulfide) groups is 1. The molecule has 7 nitrogen and oxygen atoms in total. The van der Waals surface area contributed by atoms with Crippen molar-refractivity contribution >= 4 is 23.4 Å². The van der Waals surface area contributed by atoms with Crippen molar-refractivity contribution in [3.8, 4) is 17.3 Å². The van der Waals surface area contributed by atoms with Crippen molar-refractivity contribution in [2.24, 2.45) is 7.05 Å². The van der Waals surface area contributed by atoms with Crippen molar-refractivity contribution in [3.05, 3.63) is 47.4 Å². The summed E-state index contributed by atoms with van der Waals surface area (Å²) in [6.45, 7) is 2.10. The van der Waals surface area contributed by atoms with Crippen LogP contribution in [0.5, 0.6) is 5.75 Å². The number of aromatic nitrogens is 5. The zero-order chi connectivity index (χ0) is 18.5. The Balaban J connectivity index is 1.56. The van der Waals surface area contributed by atoms with Crippen LogP contribution >= 0.6 is 23.4 Å². The average Bonchev–Trinajstić information content (AvgIpc) is 3.02. The number of rotatable bonds is 7. The predicted molar refractivity (Wildman–Crippen MR) is 100 cm³/mol. The van der Waals surface area contributed by atoms with Crippen LogP contribution in [0.2, 0.25) is 5.02 Å². The molecular formula is C17H18ClN5O2S. The zero-order valence-corrected chi connectivity index (χ0v) is 15.9. The first-order chi connectivity index (χ1) is 12.5. The van der Waals surface area contributed by atoms with Crippen LogP contribution in [0, 0.1) is 6.92 Å². The van der Waals surface area contributed by atoms with Gasteiger partial charge in [0.05, 0.1) is 17.3 Å². The largest absolute Gasteiger partial charge is 0.489 e. The highest BCUT2D eigenvalue weighted by atomic mass is 35.5. The molecule has 136 valence electrons. The Labute approximate surface area is 160 Å². The van der Waals surface area contributed by atoms with Crippen molar-refractivity contribution in [1.82, 2.24) is 24.7 Å². The Hall–Kier alpha value is -2.16. The van der Waals surface area contributed by atoms with Crippen LogP contribution in [0.3, 0.4) is 0 Å². The first kappa shape index (κ1) is 18.6. The lowest BCUT2D eigenvalue weighted by Crippen LogP contribution is -2.20. The molecule has 0 aliphatic rings. The van der Waals surface area contributed by atoms with Crippen molar-refractivity contribution in [2.75, 3.05) is 12.4 Å². The monoisotopic (exact) mass is 391 g/mol. The molecule has 0 spiro atoms. The number of benzene rings is 1. The summed E-state index contributed by atoms with van der Waals surface area (Å²) >= 11 is 7.48. The Morgan fingerprint density at radius 3 is 2.92 bits per heavy atom.